The quantitative estimate of drug-likeness (QED) is 0.566. The molecule has 3 atom stereocenters. The lowest BCUT2D eigenvalue weighted by molar-refractivity contribution is -0.154. The zero-order valence-corrected chi connectivity index (χ0v) is 11.4. The summed E-state index contributed by atoms with van der Waals surface area (Å²) in [7, 11) is 1.17. The number of hydrogen-bond donors (Lipinski definition) is 0. The highest BCUT2D eigenvalue weighted by Crippen LogP contribution is 2.32. The molecule has 2 aliphatic rings. The third-order valence-electron chi connectivity index (χ3n) is 4.15. The summed E-state index contributed by atoms with van der Waals surface area (Å²) in [6.45, 7) is 2.15. The zero-order chi connectivity index (χ0) is 14.0. The number of alkyl halides is 1. The van der Waals surface area contributed by atoms with Crippen molar-refractivity contribution < 1.29 is 18.7 Å². The number of rotatable bonds is 2. The molecule has 106 valence electrons. The summed E-state index contributed by atoms with van der Waals surface area (Å²) in [5, 5.41) is 0. The van der Waals surface area contributed by atoms with E-state index in [1.54, 1.807) is 0 Å². The van der Waals surface area contributed by atoms with E-state index >= 15 is 0 Å². The second-order valence-electron chi connectivity index (χ2n) is 5.49. The number of likely N-dealkylation sites (tertiary alicyclic amines) is 1. The number of methoxy groups -OCH3 is 1. The average Bonchev–Trinajstić information content (AvgIpc) is 2.81. The highest BCUT2D eigenvalue weighted by Gasteiger charge is 2.48. The first-order valence-corrected chi connectivity index (χ1v) is 6.69. The number of carbonyl (C=O) groups is 2. The van der Waals surface area contributed by atoms with Gasteiger partial charge in [0, 0.05) is 18.9 Å². The second kappa shape index (κ2) is 5.31. The van der Waals surface area contributed by atoms with Crippen LogP contribution in [0.5, 0.6) is 0 Å². The molecule has 1 amide bonds. The molecule has 0 aromatic rings. The lowest BCUT2D eigenvalue weighted by atomic mass is 9.83. The van der Waals surface area contributed by atoms with Crippen LogP contribution in [0.3, 0.4) is 0 Å². The maximum absolute atomic E-state index is 14.3. The largest absolute Gasteiger partial charge is 0.467 e. The molecular formula is C14H20FNO3. The standard InChI is InChI=1S/C14H20FNO3/c1-10-5-3-4-6-11(10)12(17)16-8-7-14(15,9-16)13(18)19-2/h3-4,10-11H,5-9H2,1-2H3/t10-,11-,14?/m1/s1. The normalized spacial score (nSPS) is 34.4. The molecule has 0 bridgehead atoms. The average molecular weight is 269 g/mol. The Balaban J connectivity index is 2.02. The summed E-state index contributed by atoms with van der Waals surface area (Å²) < 4.78 is 18.8. The first-order valence-electron chi connectivity index (χ1n) is 6.69. The van der Waals surface area contributed by atoms with Gasteiger partial charge < -0.3 is 9.64 Å². The van der Waals surface area contributed by atoms with Crippen molar-refractivity contribution in [3.05, 3.63) is 12.2 Å². The molecule has 5 heteroatoms. The van der Waals surface area contributed by atoms with Crippen LogP contribution in [0.15, 0.2) is 12.2 Å². The van der Waals surface area contributed by atoms with Crippen LogP contribution in [0.25, 0.3) is 0 Å². The molecule has 0 N–H and O–H groups in total. The van der Waals surface area contributed by atoms with Gasteiger partial charge in [-0.2, -0.15) is 0 Å². The molecule has 1 aliphatic carbocycles. The van der Waals surface area contributed by atoms with E-state index in [2.05, 4.69) is 10.8 Å². The summed E-state index contributed by atoms with van der Waals surface area (Å²) >= 11 is 0. The fourth-order valence-corrected chi connectivity index (χ4v) is 2.84. The van der Waals surface area contributed by atoms with Crippen LogP contribution in [-0.2, 0) is 14.3 Å². The van der Waals surface area contributed by atoms with Gasteiger partial charge in [-0.1, -0.05) is 19.1 Å². The van der Waals surface area contributed by atoms with E-state index in [1.165, 1.54) is 12.0 Å². The van der Waals surface area contributed by atoms with Crippen LogP contribution in [0.4, 0.5) is 4.39 Å². The number of halogens is 1. The Bertz CT molecular complexity index is 409. The zero-order valence-electron chi connectivity index (χ0n) is 11.4. The fraction of sp³-hybridized carbons (Fsp3) is 0.714. The molecule has 1 fully saturated rings. The molecule has 0 aromatic heterocycles. The van der Waals surface area contributed by atoms with Crippen LogP contribution < -0.4 is 0 Å². The minimum Gasteiger partial charge on any atom is -0.467 e. The summed E-state index contributed by atoms with van der Waals surface area (Å²) in [6, 6.07) is 0. The lowest BCUT2D eigenvalue weighted by Gasteiger charge is -2.29. The summed E-state index contributed by atoms with van der Waals surface area (Å²) in [4.78, 5) is 25.3. The topological polar surface area (TPSA) is 46.6 Å². The van der Waals surface area contributed by atoms with Gasteiger partial charge in [0.1, 0.15) is 0 Å². The molecule has 0 spiro atoms. The van der Waals surface area contributed by atoms with Crippen molar-refractivity contribution in [3.63, 3.8) is 0 Å². The highest BCUT2D eigenvalue weighted by atomic mass is 19.1. The maximum atomic E-state index is 14.3. The van der Waals surface area contributed by atoms with Crippen molar-refractivity contribution in [3.8, 4) is 0 Å². The van der Waals surface area contributed by atoms with Crippen molar-refractivity contribution >= 4 is 11.9 Å². The van der Waals surface area contributed by atoms with Crippen molar-refractivity contribution in [1.82, 2.24) is 4.90 Å². The predicted molar refractivity (Wildman–Crippen MR) is 68.1 cm³/mol. The van der Waals surface area contributed by atoms with Gasteiger partial charge >= 0.3 is 5.97 Å². The van der Waals surface area contributed by atoms with Crippen LogP contribution in [0.2, 0.25) is 0 Å². The number of carbonyl (C=O) groups excluding carboxylic acids is 2. The van der Waals surface area contributed by atoms with Gasteiger partial charge in [-0.15, -0.1) is 0 Å². The molecule has 19 heavy (non-hydrogen) atoms. The van der Waals surface area contributed by atoms with Gasteiger partial charge in [-0.3, -0.25) is 4.79 Å². The van der Waals surface area contributed by atoms with Gasteiger partial charge in [-0.25, -0.2) is 9.18 Å². The molecular weight excluding hydrogens is 249 g/mol. The van der Waals surface area contributed by atoms with Crippen molar-refractivity contribution in [2.45, 2.75) is 31.9 Å². The third-order valence-corrected chi connectivity index (χ3v) is 4.15. The number of esters is 1. The first-order chi connectivity index (χ1) is 8.98. The SMILES string of the molecule is COC(=O)C1(F)CCN(C(=O)[C@@H]2CC=CC[C@H]2C)C1. The summed E-state index contributed by atoms with van der Waals surface area (Å²) in [5.74, 6) is -0.741. The Morgan fingerprint density at radius 3 is 2.68 bits per heavy atom. The molecule has 0 radical (unpaired) electrons. The number of nitrogens with zero attached hydrogens (tertiary/aromatic N) is 1. The van der Waals surface area contributed by atoms with Gasteiger partial charge in [0.2, 0.25) is 11.6 Å². The minimum absolute atomic E-state index is 0.0301. The Labute approximate surface area is 112 Å². The fourth-order valence-electron chi connectivity index (χ4n) is 2.84. The van der Waals surface area contributed by atoms with Gasteiger partial charge in [0.05, 0.1) is 13.7 Å². The van der Waals surface area contributed by atoms with E-state index in [0.29, 0.717) is 6.42 Å². The van der Waals surface area contributed by atoms with Crippen LogP contribution in [0.1, 0.15) is 26.2 Å². The maximum Gasteiger partial charge on any atom is 0.345 e. The number of ether oxygens (including phenoxy) is 1. The Kier molecular flexibility index (Phi) is 3.92. The van der Waals surface area contributed by atoms with E-state index in [0.717, 1.165) is 6.42 Å². The molecule has 1 aliphatic heterocycles. The Morgan fingerprint density at radius 2 is 2.05 bits per heavy atom. The molecule has 1 saturated heterocycles. The third kappa shape index (κ3) is 2.65. The van der Waals surface area contributed by atoms with E-state index in [9.17, 15) is 14.0 Å². The first kappa shape index (κ1) is 14.0. The van der Waals surface area contributed by atoms with E-state index in [4.69, 9.17) is 0 Å². The number of amides is 1. The summed E-state index contributed by atoms with van der Waals surface area (Å²) in [6.07, 6.45) is 5.69. The molecule has 2 rings (SSSR count). The van der Waals surface area contributed by atoms with Crippen LogP contribution in [0, 0.1) is 11.8 Å². The highest BCUT2D eigenvalue weighted by molar-refractivity contribution is 5.84. The second-order valence-corrected chi connectivity index (χ2v) is 5.49. The monoisotopic (exact) mass is 269 g/mol. The lowest BCUT2D eigenvalue weighted by Crippen LogP contribution is -2.42. The van der Waals surface area contributed by atoms with Gasteiger partial charge in [0.25, 0.3) is 0 Å². The molecule has 0 aromatic carbocycles. The number of allylic oxidation sites excluding steroid dienone is 2. The van der Waals surface area contributed by atoms with E-state index in [1.807, 2.05) is 13.0 Å². The predicted octanol–water partition coefficient (Wildman–Crippen LogP) is 1.70. The Morgan fingerprint density at radius 1 is 1.37 bits per heavy atom. The number of hydrogen-bond acceptors (Lipinski definition) is 3. The Hall–Kier alpha value is -1.39. The molecule has 1 unspecified atom stereocenters. The van der Waals surface area contributed by atoms with E-state index < -0.39 is 11.6 Å². The molecule has 0 saturated carbocycles. The van der Waals surface area contributed by atoms with Crippen molar-refractivity contribution in [2.75, 3.05) is 20.2 Å². The minimum atomic E-state index is -2.03. The van der Waals surface area contributed by atoms with Crippen LogP contribution >= 0.6 is 0 Å². The summed E-state index contributed by atoms with van der Waals surface area (Å²) in [5.41, 5.74) is -2.03. The van der Waals surface area contributed by atoms with Crippen LogP contribution in [-0.4, -0.2) is 42.6 Å². The smallest absolute Gasteiger partial charge is 0.345 e. The van der Waals surface area contributed by atoms with Gasteiger partial charge in [-0.05, 0) is 18.8 Å². The van der Waals surface area contributed by atoms with Crippen molar-refractivity contribution in [1.29, 1.82) is 0 Å². The molecule has 4 nitrogen and oxygen atoms in total. The van der Waals surface area contributed by atoms with Crippen molar-refractivity contribution in [2.24, 2.45) is 11.8 Å². The van der Waals surface area contributed by atoms with E-state index in [-0.39, 0.29) is 37.3 Å². The van der Waals surface area contributed by atoms with Gasteiger partial charge in [0.15, 0.2) is 0 Å². The molecule has 1 heterocycles.